The van der Waals surface area contributed by atoms with Gasteiger partial charge in [-0.25, -0.2) is 0 Å². The number of benzene rings is 1. The molecule has 1 aromatic carbocycles. The van der Waals surface area contributed by atoms with Crippen LogP contribution in [-0.2, 0) is 4.79 Å². The van der Waals surface area contributed by atoms with Crippen LogP contribution in [0.25, 0.3) is 6.08 Å². The fourth-order valence-corrected chi connectivity index (χ4v) is 3.09. The van der Waals surface area contributed by atoms with Gasteiger partial charge in [0, 0.05) is 22.4 Å². The van der Waals surface area contributed by atoms with Crippen molar-refractivity contribution in [3.63, 3.8) is 0 Å². The van der Waals surface area contributed by atoms with Crippen LogP contribution in [0.3, 0.4) is 0 Å². The molecule has 0 bridgehead atoms. The standard InChI is InChI=1S/C16H17NOS2/c18-16(10-9-15-8-4-12-19-15)17-11-5-13-20-14-6-2-1-3-7-14/h1-4,6-10,12H,5,11,13H2,(H,17,18). The third kappa shape index (κ3) is 5.63. The van der Waals surface area contributed by atoms with Gasteiger partial charge >= 0.3 is 0 Å². The van der Waals surface area contributed by atoms with Crippen LogP contribution in [0.2, 0.25) is 0 Å². The maximum atomic E-state index is 11.6. The number of thioether (sulfide) groups is 1. The van der Waals surface area contributed by atoms with E-state index >= 15 is 0 Å². The lowest BCUT2D eigenvalue weighted by Crippen LogP contribution is -2.22. The van der Waals surface area contributed by atoms with E-state index < -0.39 is 0 Å². The largest absolute Gasteiger partial charge is 0.353 e. The summed E-state index contributed by atoms with van der Waals surface area (Å²) in [4.78, 5) is 13.9. The van der Waals surface area contributed by atoms with Gasteiger partial charge in [0.2, 0.25) is 5.91 Å². The number of hydrogen-bond acceptors (Lipinski definition) is 3. The minimum Gasteiger partial charge on any atom is -0.353 e. The highest BCUT2D eigenvalue weighted by Gasteiger charge is 1.96. The highest BCUT2D eigenvalue weighted by Crippen LogP contribution is 2.17. The molecule has 0 aliphatic rings. The van der Waals surface area contributed by atoms with E-state index in [9.17, 15) is 4.79 Å². The van der Waals surface area contributed by atoms with Crippen LogP contribution in [0.15, 0.2) is 58.8 Å². The summed E-state index contributed by atoms with van der Waals surface area (Å²) < 4.78 is 0. The second-order valence-electron chi connectivity index (χ2n) is 4.15. The van der Waals surface area contributed by atoms with Crippen LogP contribution in [0.5, 0.6) is 0 Å². The summed E-state index contributed by atoms with van der Waals surface area (Å²) in [5.74, 6) is 0.988. The normalized spacial score (nSPS) is 10.8. The second-order valence-corrected chi connectivity index (χ2v) is 6.30. The SMILES string of the molecule is O=C(C=Cc1cccs1)NCCCSc1ccccc1. The summed E-state index contributed by atoms with van der Waals surface area (Å²) in [5.41, 5.74) is 0. The Balaban J connectivity index is 1.58. The molecule has 0 atom stereocenters. The molecule has 1 aromatic heterocycles. The molecule has 0 aliphatic heterocycles. The highest BCUT2D eigenvalue weighted by molar-refractivity contribution is 7.99. The number of carbonyl (C=O) groups is 1. The van der Waals surface area contributed by atoms with E-state index in [0.29, 0.717) is 6.54 Å². The van der Waals surface area contributed by atoms with Crippen molar-refractivity contribution in [2.24, 2.45) is 0 Å². The Morgan fingerprint density at radius 2 is 2.05 bits per heavy atom. The smallest absolute Gasteiger partial charge is 0.244 e. The number of amides is 1. The molecule has 0 saturated heterocycles. The molecule has 0 unspecified atom stereocenters. The van der Waals surface area contributed by atoms with Gasteiger partial charge in [0.15, 0.2) is 0 Å². The summed E-state index contributed by atoms with van der Waals surface area (Å²) in [6.45, 7) is 0.716. The Labute approximate surface area is 127 Å². The molecule has 1 amide bonds. The van der Waals surface area contributed by atoms with Crippen LogP contribution in [0, 0.1) is 0 Å². The van der Waals surface area contributed by atoms with E-state index in [1.165, 1.54) is 4.90 Å². The maximum Gasteiger partial charge on any atom is 0.244 e. The maximum absolute atomic E-state index is 11.6. The van der Waals surface area contributed by atoms with E-state index in [-0.39, 0.29) is 5.91 Å². The lowest BCUT2D eigenvalue weighted by Gasteiger charge is -2.02. The van der Waals surface area contributed by atoms with Crippen molar-refractivity contribution in [2.45, 2.75) is 11.3 Å². The molecule has 104 valence electrons. The van der Waals surface area contributed by atoms with Crippen molar-refractivity contribution in [1.29, 1.82) is 0 Å². The van der Waals surface area contributed by atoms with Crippen molar-refractivity contribution in [1.82, 2.24) is 5.32 Å². The first-order chi connectivity index (χ1) is 9.84. The predicted octanol–water partition coefficient (Wildman–Crippen LogP) is 4.06. The Morgan fingerprint density at radius 1 is 1.20 bits per heavy atom. The summed E-state index contributed by atoms with van der Waals surface area (Å²) in [6.07, 6.45) is 4.41. The highest BCUT2D eigenvalue weighted by atomic mass is 32.2. The number of hydrogen-bond donors (Lipinski definition) is 1. The molecule has 0 spiro atoms. The van der Waals surface area contributed by atoms with Crippen LogP contribution < -0.4 is 5.32 Å². The first-order valence-electron chi connectivity index (χ1n) is 6.52. The summed E-state index contributed by atoms with van der Waals surface area (Å²) >= 11 is 3.44. The van der Waals surface area contributed by atoms with E-state index in [1.54, 1.807) is 17.4 Å². The summed E-state index contributed by atoms with van der Waals surface area (Å²) in [5, 5.41) is 4.90. The Bertz CT molecular complexity index is 535. The second kappa shape index (κ2) is 8.61. The predicted molar refractivity (Wildman–Crippen MR) is 88.1 cm³/mol. The average Bonchev–Trinajstić information content (AvgIpc) is 2.99. The number of carbonyl (C=O) groups excluding carboxylic acids is 1. The summed E-state index contributed by atoms with van der Waals surface area (Å²) in [7, 11) is 0. The Hall–Kier alpha value is -1.52. The van der Waals surface area contributed by atoms with Gasteiger partial charge in [-0.1, -0.05) is 24.3 Å². The first kappa shape index (κ1) is 14.9. The van der Waals surface area contributed by atoms with Crippen LogP contribution in [0.1, 0.15) is 11.3 Å². The van der Waals surface area contributed by atoms with E-state index in [1.807, 2.05) is 53.5 Å². The fraction of sp³-hybridized carbons (Fsp3) is 0.188. The van der Waals surface area contributed by atoms with Gasteiger partial charge < -0.3 is 5.32 Å². The zero-order chi connectivity index (χ0) is 14.0. The van der Waals surface area contributed by atoms with Gasteiger partial charge in [-0.05, 0) is 41.8 Å². The molecule has 0 fully saturated rings. The van der Waals surface area contributed by atoms with Gasteiger partial charge in [0.25, 0.3) is 0 Å². The molecule has 0 radical (unpaired) electrons. The van der Waals surface area contributed by atoms with E-state index in [2.05, 4.69) is 17.4 Å². The third-order valence-corrected chi connectivity index (χ3v) is 4.51. The van der Waals surface area contributed by atoms with Gasteiger partial charge in [-0.3, -0.25) is 4.79 Å². The topological polar surface area (TPSA) is 29.1 Å². The molecule has 1 N–H and O–H groups in total. The zero-order valence-corrected chi connectivity index (χ0v) is 12.8. The molecule has 2 rings (SSSR count). The molecule has 1 heterocycles. The molecular weight excluding hydrogens is 286 g/mol. The molecule has 2 aromatic rings. The lowest BCUT2D eigenvalue weighted by atomic mass is 10.4. The molecular formula is C16H17NOS2. The van der Waals surface area contributed by atoms with Crippen molar-refractivity contribution in [2.75, 3.05) is 12.3 Å². The quantitative estimate of drug-likeness (QED) is 0.475. The summed E-state index contributed by atoms with van der Waals surface area (Å²) in [6, 6.07) is 14.3. The van der Waals surface area contributed by atoms with E-state index in [0.717, 1.165) is 17.1 Å². The third-order valence-electron chi connectivity index (χ3n) is 2.57. The number of rotatable bonds is 7. The van der Waals surface area contributed by atoms with Gasteiger partial charge in [-0.2, -0.15) is 0 Å². The zero-order valence-electron chi connectivity index (χ0n) is 11.1. The van der Waals surface area contributed by atoms with E-state index in [4.69, 9.17) is 0 Å². The fourth-order valence-electron chi connectivity index (χ4n) is 1.59. The minimum atomic E-state index is -0.0249. The first-order valence-corrected chi connectivity index (χ1v) is 8.38. The van der Waals surface area contributed by atoms with Crippen molar-refractivity contribution < 1.29 is 4.79 Å². The number of thiophene rings is 1. The van der Waals surface area contributed by atoms with Crippen molar-refractivity contribution in [3.05, 3.63) is 58.8 Å². The molecule has 0 aliphatic carbocycles. The van der Waals surface area contributed by atoms with Gasteiger partial charge in [0.05, 0.1) is 0 Å². The van der Waals surface area contributed by atoms with Crippen molar-refractivity contribution in [3.8, 4) is 0 Å². The van der Waals surface area contributed by atoms with Crippen LogP contribution in [0.4, 0.5) is 0 Å². The average molecular weight is 303 g/mol. The van der Waals surface area contributed by atoms with Crippen LogP contribution >= 0.6 is 23.1 Å². The monoisotopic (exact) mass is 303 g/mol. The Kier molecular flexibility index (Phi) is 6.41. The van der Waals surface area contributed by atoms with Crippen LogP contribution in [-0.4, -0.2) is 18.2 Å². The van der Waals surface area contributed by atoms with Gasteiger partial charge in [0.1, 0.15) is 0 Å². The molecule has 2 nitrogen and oxygen atoms in total. The Morgan fingerprint density at radius 3 is 2.80 bits per heavy atom. The minimum absolute atomic E-state index is 0.0249. The molecule has 20 heavy (non-hydrogen) atoms. The van der Waals surface area contributed by atoms with Crippen molar-refractivity contribution >= 4 is 35.1 Å². The molecule has 0 saturated carbocycles. The van der Waals surface area contributed by atoms with Gasteiger partial charge in [-0.15, -0.1) is 23.1 Å². The molecule has 4 heteroatoms. The number of nitrogens with one attached hydrogen (secondary N) is 1. The lowest BCUT2D eigenvalue weighted by molar-refractivity contribution is -0.116.